The molecule has 0 spiro atoms. The van der Waals surface area contributed by atoms with Gasteiger partial charge in [0.1, 0.15) is 5.82 Å². The highest BCUT2D eigenvalue weighted by Crippen LogP contribution is 2.22. The fourth-order valence-corrected chi connectivity index (χ4v) is 3.67. The summed E-state index contributed by atoms with van der Waals surface area (Å²) in [6, 6.07) is 14.3. The Bertz CT molecular complexity index is 1000. The van der Waals surface area contributed by atoms with Crippen molar-refractivity contribution in [1.82, 2.24) is 9.47 Å². The number of unbranched alkanes of at least 4 members (excludes halogenated alkanes) is 1. The van der Waals surface area contributed by atoms with E-state index < -0.39 is 0 Å². The van der Waals surface area contributed by atoms with E-state index in [9.17, 15) is 9.18 Å². The van der Waals surface area contributed by atoms with Gasteiger partial charge in [-0.2, -0.15) is 0 Å². The molecule has 4 rings (SSSR count). The quantitative estimate of drug-likeness (QED) is 0.611. The molecule has 0 atom stereocenters. The number of para-hydroxylation sites is 2. The molecule has 0 bridgehead atoms. The van der Waals surface area contributed by atoms with Crippen molar-refractivity contribution < 1.29 is 8.81 Å². The number of nitrogens with zero attached hydrogens (tertiary/aromatic N) is 2. The maximum Gasteiger partial charge on any atom is 0.419 e. The summed E-state index contributed by atoms with van der Waals surface area (Å²) in [5, 5.41) is 0. The molecule has 1 aromatic heterocycles. The van der Waals surface area contributed by atoms with E-state index in [4.69, 9.17) is 4.42 Å². The lowest BCUT2D eigenvalue weighted by Gasteiger charge is -2.26. The van der Waals surface area contributed by atoms with E-state index in [1.54, 1.807) is 4.57 Å². The van der Waals surface area contributed by atoms with Crippen molar-refractivity contribution in [2.75, 3.05) is 19.6 Å². The lowest BCUT2D eigenvalue weighted by atomic mass is 9.99. The fourth-order valence-electron chi connectivity index (χ4n) is 3.67. The Morgan fingerprint density at radius 1 is 1.00 bits per heavy atom. The highest BCUT2D eigenvalue weighted by Gasteiger charge is 2.13. The molecule has 140 valence electrons. The minimum atomic E-state index is -0.277. The van der Waals surface area contributed by atoms with E-state index in [2.05, 4.69) is 11.0 Å². The molecule has 1 aliphatic heterocycles. The number of hydrogen-bond donors (Lipinski definition) is 0. The number of aromatic nitrogens is 1. The number of fused-ring (bicyclic) bond motifs is 1. The summed E-state index contributed by atoms with van der Waals surface area (Å²) >= 11 is 0. The zero-order chi connectivity index (χ0) is 18.6. The third-order valence-electron chi connectivity index (χ3n) is 5.19. The summed E-state index contributed by atoms with van der Waals surface area (Å²) in [7, 11) is 0. The molecule has 2 aromatic carbocycles. The minimum absolute atomic E-state index is 0.193. The molecule has 2 heterocycles. The van der Waals surface area contributed by atoms with Crippen LogP contribution in [0.25, 0.3) is 16.7 Å². The summed E-state index contributed by atoms with van der Waals surface area (Å²) in [5.41, 5.74) is 3.93. The smallest absolute Gasteiger partial charge is 0.408 e. The molecule has 5 heteroatoms. The Morgan fingerprint density at radius 2 is 1.78 bits per heavy atom. The van der Waals surface area contributed by atoms with Crippen molar-refractivity contribution in [2.45, 2.75) is 25.8 Å². The SMILES string of the molecule is O=c1oc2ccccc2n1CCCCN1CC=C(c2ccc(F)cc2)CC1. The first-order chi connectivity index (χ1) is 13.2. The van der Waals surface area contributed by atoms with E-state index in [0.717, 1.165) is 50.0 Å². The van der Waals surface area contributed by atoms with E-state index in [1.165, 1.54) is 17.7 Å². The van der Waals surface area contributed by atoms with E-state index in [-0.39, 0.29) is 11.6 Å². The predicted octanol–water partition coefficient (Wildman–Crippen LogP) is 4.30. The van der Waals surface area contributed by atoms with E-state index in [0.29, 0.717) is 12.1 Å². The first-order valence-corrected chi connectivity index (χ1v) is 9.46. The van der Waals surface area contributed by atoms with E-state index >= 15 is 0 Å². The second-order valence-electron chi connectivity index (χ2n) is 6.98. The minimum Gasteiger partial charge on any atom is -0.408 e. The molecule has 0 radical (unpaired) electrons. The molecule has 0 amide bonds. The largest absolute Gasteiger partial charge is 0.419 e. The first kappa shape index (κ1) is 17.7. The van der Waals surface area contributed by atoms with Gasteiger partial charge in [0.2, 0.25) is 0 Å². The van der Waals surface area contributed by atoms with Gasteiger partial charge >= 0.3 is 5.76 Å². The van der Waals surface area contributed by atoms with Crippen LogP contribution in [0.5, 0.6) is 0 Å². The Balaban J connectivity index is 1.27. The summed E-state index contributed by atoms with van der Waals surface area (Å²) in [6.07, 6.45) is 5.20. The number of benzene rings is 2. The summed E-state index contributed by atoms with van der Waals surface area (Å²) in [4.78, 5) is 14.4. The van der Waals surface area contributed by atoms with Crippen molar-refractivity contribution >= 4 is 16.7 Å². The van der Waals surface area contributed by atoms with Gasteiger partial charge in [-0.3, -0.25) is 9.47 Å². The number of rotatable bonds is 6. The van der Waals surface area contributed by atoms with Crippen LogP contribution in [0, 0.1) is 5.82 Å². The lowest BCUT2D eigenvalue weighted by molar-refractivity contribution is 0.292. The Hall–Kier alpha value is -2.66. The van der Waals surface area contributed by atoms with Crippen LogP contribution in [0.2, 0.25) is 0 Å². The average molecular weight is 366 g/mol. The second-order valence-corrected chi connectivity index (χ2v) is 6.98. The molecular formula is C22H23FN2O2. The molecule has 1 aliphatic rings. The van der Waals surface area contributed by atoms with Gasteiger partial charge in [0.15, 0.2) is 5.58 Å². The molecule has 27 heavy (non-hydrogen) atoms. The predicted molar refractivity (Wildman–Crippen MR) is 105 cm³/mol. The van der Waals surface area contributed by atoms with Gasteiger partial charge in [0.25, 0.3) is 0 Å². The second kappa shape index (κ2) is 7.92. The van der Waals surface area contributed by atoms with Gasteiger partial charge in [-0.05, 0) is 61.2 Å². The maximum absolute atomic E-state index is 13.0. The van der Waals surface area contributed by atoms with Gasteiger partial charge in [-0.1, -0.05) is 30.3 Å². The van der Waals surface area contributed by atoms with Crippen LogP contribution in [0.15, 0.2) is 63.8 Å². The van der Waals surface area contributed by atoms with Crippen LogP contribution in [0.3, 0.4) is 0 Å². The van der Waals surface area contributed by atoms with Gasteiger partial charge in [-0.15, -0.1) is 0 Å². The fraction of sp³-hybridized carbons (Fsp3) is 0.318. The van der Waals surface area contributed by atoms with Gasteiger partial charge in [0, 0.05) is 19.6 Å². The topological polar surface area (TPSA) is 38.4 Å². The monoisotopic (exact) mass is 366 g/mol. The van der Waals surface area contributed by atoms with Crippen molar-refractivity contribution in [3.63, 3.8) is 0 Å². The molecule has 0 unspecified atom stereocenters. The number of hydrogen-bond acceptors (Lipinski definition) is 3. The lowest BCUT2D eigenvalue weighted by Crippen LogP contribution is -2.29. The van der Waals surface area contributed by atoms with Crippen molar-refractivity contribution in [3.8, 4) is 0 Å². The summed E-state index contributed by atoms with van der Waals surface area (Å²) < 4.78 is 20.0. The molecule has 0 fully saturated rings. The molecule has 3 aromatic rings. The maximum atomic E-state index is 13.0. The zero-order valence-electron chi connectivity index (χ0n) is 15.2. The van der Waals surface area contributed by atoms with Crippen molar-refractivity contribution in [1.29, 1.82) is 0 Å². The molecule has 0 aliphatic carbocycles. The average Bonchev–Trinajstić information content (AvgIpc) is 3.02. The Labute approximate surface area is 157 Å². The van der Waals surface area contributed by atoms with Gasteiger partial charge in [-0.25, -0.2) is 9.18 Å². The van der Waals surface area contributed by atoms with Crippen LogP contribution in [0.1, 0.15) is 24.8 Å². The Kier molecular flexibility index (Phi) is 5.21. The number of halogens is 1. The van der Waals surface area contributed by atoms with Crippen LogP contribution in [-0.2, 0) is 6.54 Å². The third-order valence-corrected chi connectivity index (χ3v) is 5.19. The number of aryl methyl sites for hydroxylation is 1. The highest BCUT2D eigenvalue weighted by molar-refractivity contribution is 5.72. The molecule has 0 saturated carbocycles. The summed E-state index contributed by atoms with van der Waals surface area (Å²) in [6.45, 7) is 3.62. The van der Waals surface area contributed by atoms with Gasteiger partial charge < -0.3 is 4.42 Å². The first-order valence-electron chi connectivity index (χ1n) is 9.46. The van der Waals surface area contributed by atoms with Crippen LogP contribution in [0.4, 0.5) is 4.39 Å². The van der Waals surface area contributed by atoms with Crippen molar-refractivity contribution in [3.05, 3.63) is 76.5 Å². The zero-order valence-corrected chi connectivity index (χ0v) is 15.2. The van der Waals surface area contributed by atoms with Crippen LogP contribution < -0.4 is 5.76 Å². The van der Waals surface area contributed by atoms with Gasteiger partial charge in [0.05, 0.1) is 5.52 Å². The normalized spacial score (nSPS) is 15.2. The Morgan fingerprint density at radius 3 is 2.56 bits per heavy atom. The molecular weight excluding hydrogens is 343 g/mol. The van der Waals surface area contributed by atoms with E-state index in [1.807, 2.05) is 36.4 Å². The van der Waals surface area contributed by atoms with Crippen LogP contribution >= 0.6 is 0 Å². The molecule has 0 N–H and O–H groups in total. The van der Waals surface area contributed by atoms with Crippen LogP contribution in [-0.4, -0.2) is 29.1 Å². The summed E-state index contributed by atoms with van der Waals surface area (Å²) in [5.74, 6) is -0.470. The standard InChI is InChI=1S/C22H23FN2O2/c23-19-9-7-17(8-10-19)18-11-15-24(16-12-18)13-3-4-14-25-20-5-1-2-6-21(20)27-22(25)26/h1-2,5-11H,3-4,12-16H2. The molecule has 4 nitrogen and oxygen atoms in total. The highest BCUT2D eigenvalue weighted by atomic mass is 19.1. The van der Waals surface area contributed by atoms with Crippen molar-refractivity contribution in [2.24, 2.45) is 0 Å². The third kappa shape index (κ3) is 4.03. The number of oxazole rings is 1. The molecule has 0 saturated heterocycles.